The number of nitrogens with one attached hydrogen (secondary N) is 2. The number of rotatable bonds is 3. The Labute approximate surface area is 134 Å². The zero-order valence-electron chi connectivity index (χ0n) is 13.6. The maximum atomic E-state index is 12.3. The Kier molecular flexibility index (Phi) is 3.73. The second kappa shape index (κ2) is 5.72. The van der Waals surface area contributed by atoms with Gasteiger partial charge in [-0.15, -0.1) is 0 Å². The summed E-state index contributed by atoms with van der Waals surface area (Å²) in [7, 11) is 0. The quantitative estimate of drug-likeness (QED) is 0.780. The molecule has 3 rings (SSSR count). The number of imidazole rings is 1. The molecule has 0 bridgehead atoms. The second-order valence-corrected chi connectivity index (χ2v) is 5.61. The lowest BCUT2D eigenvalue weighted by Crippen LogP contribution is -2.13. The smallest absolute Gasteiger partial charge is 0.276 e. The Morgan fingerprint density at radius 2 is 1.83 bits per heavy atom. The molecule has 2 N–H and O–H groups in total. The Hall–Kier alpha value is -2.89. The summed E-state index contributed by atoms with van der Waals surface area (Å²) >= 11 is 0. The largest absolute Gasteiger partial charge is 0.321 e. The van der Waals surface area contributed by atoms with E-state index in [-0.39, 0.29) is 5.91 Å². The van der Waals surface area contributed by atoms with Crippen molar-refractivity contribution in [3.05, 3.63) is 58.9 Å². The number of amides is 1. The van der Waals surface area contributed by atoms with E-state index in [1.165, 1.54) is 0 Å². The van der Waals surface area contributed by atoms with Crippen LogP contribution in [0.2, 0.25) is 0 Å². The maximum absolute atomic E-state index is 12.3. The molecule has 0 aliphatic heterocycles. The average Bonchev–Trinajstić information content (AvgIpc) is 3.04. The maximum Gasteiger partial charge on any atom is 0.276 e. The molecule has 0 aliphatic carbocycles. The first kappa shape index (κ1) is 15.0. The highest BCUT2D eigenvalue weighted by Gasteiger charge is 2.14. The van der Waals surface area contributed by atoms with E-state index >= 15 is 0 Å². The summed E-state index contributed by atoms with van der Waals surface area (Å²) in [6, 6.07) is 7.65. The molecule has 118 valence electrons. The lowest BCUT2D eigenvalue weighted by Gasteiger charge is -2.08. The van der Waals surface area contributed by atoms with Crippen molar-refractivity contribution in [3.8, 4) is 5.69 Å². The van der Waals surface area contributed by atoms with E-state index in [4.69, 9.17) is 0 Å². The molecule has 2 heterocycles. The molecular weight excluding hydrogens is 290 g/mol. The van der Waals surface area contributed by atoms with E-state index < -0.39 is 0 Å². The molecule has 3 aromatic rings. The van der Waals surface area contributed by atoms with E-state index in [2.05, 4.69) is 20.5 Å². The van der Waals surface area contributed by atoms with Gasteiger partial charge in [-0.2, -0.15) is 5.10 Å². The third-order valence-electron chi connectivity index (χ3n) is 4.12. The first-order chi connectivity index (χ1) is 11.0. The lowest BCUT2D eigenvalue weighted by molar-refractivity contribution is 0.102. The van der Waals surface area contributed by atoms with Crippen LogP contribution in [0.15, 0.2) is 30.6 Å². The first-order valence-corrected chi connectivity index (χ1v) is 7.41. The summed E-state index contributed by atoms with van der Waals surface area (Å²) in [6.45, 7) is 7.78. The van der Waals surface area contributed by atoms with Crippen LogP contribution in [0.5, 0.6) is 0 Å². The fourth-order valence-corrected chi connectivity index (χ4v) is 2.36. The third-order valence-corrected chi connectivity index (χ3v) is 4.12. The van der Waals surface area contributed by atoms with Crippen LogP contribution in [0.1, 0.15) is 33.1 Å². The topological polar surface area (TPSA) is 75.6 Å². The van der Waals surface area contributed by atoms with Gasteiger partial charge in [0.25, 0.3) is 5.91 Å². The van der Waals surface area contributed by atoms with Gasteiger partial charge in [-0.3, -0.25) is 9.89 Å². The van der Waals surface area contributed by atoms with Crippen LogP contribution >= 0.6 is 0 Å². The van der Waals surface area contributed by atoms with E-state index in [1.54, 1.807) is 6.33 Å². The molecule has 0 radical (unpaired) electrons. The van der Waals surface area contributed by atoms with E-state index in [1.807, 2.05) is 56.5 Å². The molecule has 23 heavy (non-hydrogen) atoms. The molecule has 0 aliphatic rings. The number of carbonyl (C=O) groups excluding carboxylic acids is 1. The number of aryl methyl sites for hydroxylation is 2. The number of hydrogen-bond donors (Lipinski definition) is 2. The SMILES string of the molecule is Cc1ncn(-c2ccc(NC(=O)c3n[nH]c(C)c3C)cc2)c1C. The van der Waals surface area contributed by atoms with Crippen LogP contribution in [0.25, 0.3) is 5.69 Å². The number of aromatic nitrogens is 4. The van der Waals surface area contributed by atoms with Crippen molar-refractivity contribution in [3.63, 3.8) is 0 Å². The van der Waals surface area contributed by atoms with Gasteiger partial charge in [0.05, 0.1) is 12.0 Å². The summed E-state index contributed by atoms with van der Waals surface area (Å²) in [6.07, 6.45) is 1.80. The minimum Gasteiger partial charge on any atom is -0.321 e. The molecule has 0 fully saturated rings. The summed E-state index contributed by atoms with van der Waals surface area (Å²) < 4.78 is 2.02. The molecule has 2 aromatic heterocycles. The van der Waals surface area contributed by atoms with E-state index in [9.17, 15) is 4.79 Å². The molecule has 0 unspecified atom stereocenters. The van der Waals surface area contributed by atoms with Gasteiger partial charge in [-0.1, -0.05) is 0 Å². The predicted octanol–water partition coefficient (Wildman–Crippen LogP) is 3.08. The summed E-state index contributed by atoms with van der Waals surface area (Å²) in [5.41, 5.74) is 6.03. The summed E-state index contributed by atoms with van der Waals surface area (Å²) in [5, 5.41) is 9.73. The molecule has 1 amide bonds. The van der Waals surface area contributed by atoms with Crippen LogP contribution in [0.3, 0.4) is 0 Å². The van der Waals surface area contributed by atoms with Crippen LogP contribution in [-0.4, -0.2) is 25.7 Å². The van der Waals surface area contributed by atoms with Crippen molar-refractivity contribution in [1.82, 2.24) is 19.7 Å². The van der Waals surface area contributed by atoms with Gasteiger partial charge >= 0.3 is 0 Å². The predicted molar refractivity (Wildman–Crippen MR) is 89.1 cm³/mol. The monoisotopic (exact) mass is 309 g/mol. The van der Waals surface area contributed by atoms with Gasteiger partial charge in [-0.25, -0.2) is 4.98 Å². The highest BCUT2D eigenvalue weighted by molar-refractivity contribution is 6.03. The van der Waals surface area contributed by atoms with Gasteiger partial charge < -0.3 is 9.88 Å². The molecular formula is C17H19N5O. The third kappa shape index (κ3) is 2.75. The van der Waals surface area contributed by atoms with Crippen molar-refractivity contribution in [2.75, 3.05) is 5.32 Å². The van der Waals surface area contributed by atoms with Gasteiger partial charge in [0.2, 0.25) is 0 Å². The second-order valence-electron chi connectivity index (χ2n) is 5.61. The van der Waals surface area contributed by atoms with Crippen LogP contribution < -0.4 is 5.32 Å². The number of carbonyl (C=O) groups is 1. The number of anilines is 1. The fraction of sp³-hybridized carbons (Fsp3) is 0.235. The van der Waals surface area contributed by atoms with Crippen LogP contribution in [0.4, 0.5) is 5.69 Å². The highest BCUT2D eigenvalue weighted by atomic mass is 16.1. The van der Waals surface area contributed by atoms with Gasteiger partial charge in [0, 0.05) is 28.3 Å². The Morgan fingerprint density at radius 1 is 1.13 bits per heavy atom. The van der Waals surface area contributed by atoms with E-state index in [0.29, 0.717) is 5.69 Å². The Balaban J connectivity index is 1.79. The van der Waals surface area contributed by atoms with E-state index in [0.717, 1.165) is 34.0 Å². The number of H-pyrrole nitrogens is 1. The fourth-order valence-electron chi connectivity index (χ4n) is 2.36. The molecule has 0 saturated carbocycles. The number of hydrogen-bond acceptors (Lipinski definition) is 3. The lowest BCUT2D eigenvalue weighted by atomic mass is 10.2. The van der Waals surface area contributed by atoms with Gasteiger partial charge in [0.15, 0.2) is 5.69 Å². The Morgan fingerprint density at radius 3 is 2.35 bits per heavy atom. The molecule has 0 atom stereocenters. The highest BCUT2D eigenvalue weighted by Crippen LogP contribution is 2.18. The van der Waals surface area contributed by atoms with Gasteiger partial charge in [0.1, 0.15) is 0 Å². The standard InChI is InChI=1S/C17H19N5O/c1-10-11(2)20-21-16(10)17(23)19-14-5-7-15(8-6-14)22-9-18-12(3)13(22)4/h5-9H,1-4H3,(H,19,23)(H,20,21). The number of nitrogens with zero attached hydrogens (tertiary/aromatic N) is 3. The number of benzene rings is 1. The minimum atomic E-state index is -0.214. The summed E-state index contributed by atoms with van der Waals surface area (Å²) in [5.74, 6) is -0.214. The Bertz CT molecular complexity index is 858. The normalized spacial score (nSPS) is 10.8. The zero-order chi connectivity index (χ0) is 16.6. The first-order valence-electron chi connectivity index (χ1n) is 7.41. The molecule has 6 heteroatoms. The average molecular weight is 309 g/mol. The van der Waals surface area contributed by atoms with Crippen molar-refractivity contribution in [1.29, 1.82) is 0 Å². The molecule has 0 spiro atoms. The van der Waals surface area contributed by atoms with Crippen LogP contribution in [-0.2, 0) is 0 Å². The van der Waals surface area contributed by atoms with Crippen LogP contribution in [0, 0.1) is 27.7 Å². The summed E-state index contributed by atoms with van der Waals surface area (Å²) in [4.78, 5) is 16.5. The minimum absolute atomic E-state index is 0.214. The molecule has 6 nitrogen and oxygen atoms in total. The van der Waals surface area contributed by atoms with Crippen molar-refractivity contribution in [2.45, 2.75) is 27.7 Å². The van der Waals surface area contributed by atoms with Gasteiger partial charge in [-0.05, 0) is 52.0 Å². The molecule has 1 aromatic carbocycles. The number of aromatic amines is 1. The van der Waals surface area contributed by atoms with Crippen molar-refractivity contribution < 1.29 is 4.79 Å². The van der Waals surface area contributed by atoms with Crippen molar-refractivity contribution >= 4 is 11.6 Å². The zero-order valence-corrected chi connectivity index (χ0v) is 13.6. The molecule has 0 saturated heterocycles. The van der Waals surface area contributed by atoms with Crippen molar-refractivity contribution in [2.24, 2.45) is 0 Å².